The van der Waals surface area contributed by atoms with Crippen LogP contribution in [0.15, 0.2) is 18.2 Å². The summed E-state index contributed by atoms with van der Waals surface area (Å²) in [6.07, 6.45) is 1.10. The molecule has 0 amide bonds. The first-order valence-corrected chi connectivity index (χ1v) is 6.75. The Labute approximate surface area is 113 Å². The molecule has 0 aliphatic carbocycles. The Kier molecular flexibility index (Phi) is 3.88. The highest BCUT2D eigenvalue weighted by molar-refractivity contribution is 7.71. The molecule has 18 heavy (non-hydrogen) atoms. The van der Waals surface area contributed by atoms with Gasteiger partial charge in [-0.15, -0.1) is 0 Å². The quantitative estimate of drug-likeness (QED) is 0.853. The molecule has 2 rings (SSSR count). The Morgan fingerprint density at radius 2 is 2.11 bits per heavy atom. The average molecular weight is 263 g/mol. The molecule has 0 bridgehead atoms. The van der Waals surface area contributed by atoms with Crippen molar-refractivity contribution >= 4 is 23.3 Å². The van der Waals surface area contributed by atoms with Crippen LogP contribution in [-0.2, 0) is 0 Å². The highest BCUT2D eigenvalue weighted by atomic mass is 32.1. The van der Waals surface area contributed by atoms with Gasteiger partial charge in [-0.05, 0) is 70.8 Å². The lowest BCUT2D eigenvalue weighted by molar-refractivity contribution is 0.359. The van der Waals surface area contributed by atoms with E-state index in [1.165, 1.54) is 11.1 Å². The van der Waals surface area contributed by atoms with E-state index in [9.17, 15) is 0 Å². The number of hydrogen-bond acceptors (Lipinski definition) is 2. The van der Waals surface area contributed by atoms with E-state index in [4.69, 9.17) is 12.2 Å². The van der Waals surface area contributed by atoms with E-state index in [1.807, 2.05) is 0 Å². The Bertz CT molecular complexity index is 595. The summed E-state index contributed by atoms with van der Waals surface area (Å²) in [7, 11) is 4.20. The first kappa shape index (κ1) is 13.3. The normalized spacial score (nSPS) is 13.4. The summed E-state index contributed by atoms with van der Waals surface area (Å²) in [5, 5.41) is 0. The van der Waals surface area contributed by atoms with Crippen LogP contribution in [-0.4, -0.2) is 35.1 Å². The van der Waals surface area contributed by atoms with Gasteiger partial charge < -0.3 is 14.5 Å². The predicted molar refractivity (Wildman–Crippen MR) is 79.7 cm³/mol. The van der Waals surface area contributed by atoms with Crippen molar-refractivity contribution in [1.82, 2.24) is 14.5 Å². The number of aromatic nitrogens is 2. The zero-order valence-electron chi connectivity index (χ0n) is 11.5. The van der Waals surface area contributed by atoms with Gasteiger partial charge in [0.05, 0.1) is 11.0 Å². The van der Waals surface area contributed by atoms with Gasteiger partial charge in [-0.2, -0.15) is 0 Å². The van der Waals surface area contributed by atoms with Crippen LogP contribution in [0.5, 0.6) is 0 Å². The molecule has 0 radical (unpaired) electrons. The van der Waals surface area contributed by atoms with E-state index in [-0.39, 0.29) is 0 Å². The lowest BCUT2D eigenvalue weighted by Crippen LogP contribution is -2.17. The molecule has 1 atom stereocenters. The smallest absolute Gasteiger partial charge is 0.178 e. The Hall–Kier alpha value is -1.13. The lowest BCUT2D eigenvalue weighted by atomic mass is 10.2. The van der Waals surface area contributed by atoms with Gasteiger partial charge in [0.1, 0.15) is 0 Å². The third kappa shape index (κ3) is 2.65. The van der Waals surface area contributed by atoms with Crippen molar-refractivity contribution in [3.05, 3.63) is 28.5 Å². The van der Waals surface area contributed by atoms with Gasteiger partial charge in [0.2, 0.25) is 0 Å². The second-order valence-electron chi connectivity index (χ2n) is 5.26. The second-order valence-corrected chi connectivity index (χ2v) is 5.65. The minimum Gasteiger partial charge on any atom is -0.331 e. The summed E-state index contributed by atoms with van der Waals surface area (Å²) >= 11 is 5.45. The summed E-state index contributed by atoms with van der Waals surface area (Å²) in [4.78, 5) is 5.51. The van der Waals surface area contributed by atoms with Crippen molar-refractivity contribution in [1.29, 1.82) is 0 Å². The third-order valence-corrected chi connectivity index (χ3v) is 3.61. The minimum atomic E-state index is 0.413. The average Bonchev–Trinajstić information content (AvgIpc) is 2.61. The van der Waals surface area contributed by atoms with Crippen molar-refractivity contribution in [3.8, 4) is 0 Å². The van der Waals surface area contributed by atoms with Gasteiger partial charge in [-0.25, -0.2) is 0 Å². The highest BCUT2D eigenvalue weighted by Crippen LogP contribution is 2.22. The lowest BCUT2D eigenvalue weighted by Gasteiger charge is -2.17. The summed E-state index contributed by atoms with van der Waals surface area (Å²) in [6, 6.07) is 6.86. The van der Waals surface area contributed by atoms with Crippen molar-refractivity contribution in [2.24, 2.45) is 0 Å². The summed E-state index contributed by atoms with van der Waals surface area (Å²) in [5.41, 5.74) is 3.60. The number of hydrogen-bond donors (Lipinski definition) is 1. The van der Waals surface area contributed by atoms with Crippen LogP contribution >= 0.6 is 12.2 Å². The molecule has 0 saturated carbocycles. The third-order valence-electron chi connectivity index (χ3n) is 3.31. The molecule has 2 aromatic rings. The maximum atomic E-state index is 5.45. The van der Waals surface area contributed by atoms with Crippen molar-refractivity contribution in [2.75, 3.05) is 20.6 Å². The van der Waals surface area contributed by atoms with Crippen molar-refractivity contribution < 1.29 is 0 Å². The number of H-pyrrole nitrogens is 1. The standard InChI is InChI=1S/C14H21N3S/c1-10-5-6-13-12(9-10)15-14(18)17(13)11(2)7-8-16(3)4/h5-6,9,11H,7-8H2,1-4H3,(H,15,18). The fourth-order valence-corrected chi connectivity index (χ4v) is 2.64. The number of benzene rings is 1. The molecule has 1 heterocycles. The van der Waals surface area contributed by atoms with Gasteiger partial charge in [-0.3, -0.25) is 0 Å². The van der Waals surface area contributed by atoms with Crippen LogP contribution in [0.1, 0.15) is 24.9 Å². The zero-order chi connectivity index (χ0) is 13.3. The van der Waals surface area contributed by atoms with E-state index >= 15 is 0 Å². The number of imidazole rings is 1. The second kappa shape index (κ2) is 5.24. The molecule has 0 fully saturated rings. The monoisotopic (exact) mass is 263 g/mol. The molecule has 0 aliphatic rings. The van der Waals surface area contributed by atoms with E-state index in [2.05, 4.69) is 60.6 Å². The van der Waals surface area contributed by atoms with Crippen LogP contribution in [0.2, 0.25) is 0 Å². The van der Waals surface area contributed by atoms with Gasteiger partial charge >= 0.3 is 0 Å². The van der Waals surface area contributed by atoms with Gasteiger partial charge in [0, 0.05) is 6.04 Å². The number of nitrogens with one attached hydrogen (secondary N) is 1. The van der Waals surface area contributed by atoms with E-state index in [1.54, 1.807) is 0 Å². The highest BCUT2D eigenvalue weighted by Gasteiger charge is 2.11. The topological polar surface area (TPSA) is 24.0 Å². The Morgan fingerprint density at radius 1 is 1.39 bits per heavy atom. The Morgan fingerprint density at radius 3 is 2.78 bits per heavy atom. The molecule has 1 unspecified atom stereocenters. The molecule has 4 heteroatoms. The van der Waals surface area contributed by atoms with E-state index in [0.717, 1.165) is 23.3 Å². The van der Waals surface area contributed by atoms with Crippen LogP contribution in [0.4, 0.5) is 0 Å². The number of rotatable bonds is 4. The van der Waals surface area contributed by atoms with Crippen molar-refractivity contribution in [3.63, 3.8) is 0 Å². The molecular formula is C14H21N3S. The maximum absolute atomic E-state index is 5.45. The zero-order valence-corrected chi connectivity index (χ0v) is 12.3. The summed E-state index contributed by atoms with van der Waals surface area (Å²) < 4.78 is 3.05. The Balaban J connectivity index is 2.38. The first-order chi connectivity index (χ1) is 8.49. The maximum Gasteiger partial charge on any atom is 0.178 e. The fourth-order valence-electron chi connectivity index (χ4n) is 2.26. The number of aryl methyl sites for hydroxylation is 1. The van der Waals surface area contributed by atoms with Gasteiger partial charge in [0.25, 0.3) is 0 Å². The molecule has 98 valence electrons. The number of fused-ring (bicyclic) bond motifs is 1. The fraction of sp³-hybridized carbons (Fsp3) is 0.500. The number of aromatic amines is 1. The van der Waals surface area contributed by atoms with Crippen LogP contribution in [0.25, 0.3) is 11.0 Å². The molecule has 0 aliphatic heterocycles. The predicted octanol–water partition coefficient (Wildman–Crippen LogP) is 3.52. The van der Waals surface area contributed by atoms with Crippen LogP contribution in [0.3, 0.4) is 0 Å². The van der Waals surface area contributed by atoms with Crippen LogP contribution < -0.4 is 0 Å². The molecule has 0 spiro atoms. The minimum absolute atomic E-state index is 0.413. The van der Waals surface area contributed by atoms with Gasteiger partial charge in [0.15, 0.2) is 4.77 Å². The van der Waals surface area contributed by atoms with E-state index in [0.29, 0.717) is 6.04 Å². The van der Waals surface area contributed by atoms with E-state index < -0.39 is 0 Å². The largest absolute Gasteiger partial charge is 0.331 e. The molecule has 1 aromatic carbocycles. The molecule has 1 N–H and O–H groups in total. The number of nitrogens with zero attached hydrogens (tertiary/aromatic N) is 2. The molecule has 0 saturated heterocycles. The molecule has 1 aromatic heterocycles. The van der Waals surface area contributed by atoms with Gasteiger partial charge in [-0.1, -0.05) is 6.07 Å². The molecule has 3 nitrogen and oxygen atoms in total. The SMILES string of the molecule is Cc1ccc2c(c1)[nH]c(=S)n2C(C)CCN(C)C. The first-order valence-electron chi connectivity index (χ1n) is 6.34. The summed E-state index contributed by atoms with van der Waals surface area (Å²) in [5.74, 6) is 0. The summed E-state index contributed by atoms with van der Waals surface area (Å²) in [6.45, 7) is 5.40. The van der Waals surface area contributed by atoms with Crippen molar-refractivity contribution in [2.45, 2.75) is 26.3 Å². The molecular weight excluding hydrogens is 242 g/mol. The van der Waals surface area contributed by atoms with Crippen LogP contribution in [0, 0.1) is 11.7 Å².